The summed E-state index contributed by atoms with van der Waals surface area (Å²) in [6.45, 7) is 1.43. The molecule has 0 unspecified atom stereocenters. The standard InChI is InChI=1S/C12H15ClFNO.ClH/c13-9-1-2-10(11(14)7-9)12(15)8-3-5-16-6-4-8;/h1-2,7-8,12H,3-6,15H2;1H/t12-;/m1./s1. The number of nitrogens with two attached hydrogens (primary N) is 1. The molecule has 2 N–H and O–H groups in total. The first kappa shape index (κ1) is 14.7. The first-order valence-corrected chi connectivity index (χ1v) is 5.84. The highest BCUT2D eigenvalue weighted by Gasteiger charge is 2.24. The van der Waals surface area contributed by atoms with Crippen LogP contribution in [-0.2, 0) is 4.74 Å². The fourth-order valence-corrected chi connectivity index (χ4v) is 2.26. The van der Waals surface area contributed by atoms with Gasteiger partial charge in [0.2, 0.25) is 0 Å². The number of hydrogen-bond acceptors (Lipinski definition) is 2. The molecular weight excluding hydrogens is 264 g/mol. The molecule has 0 radical (unpaired) electrons. The molecule has 1 aromatic carbocycles. The second-order valence-electron chi connectivity index (χ2n) is 4.14. The molecule has 17 heavy (non-hydrogen) atoms. The zero-order chi connectivity index (χ0) is 11.5. The number of ether oxygens (including phenoxy) is 1. The van der Waals surface area contributed by atoms with Gasteiger partial charge >= 0.3 is 0 Å². The van der Waals surface area contributed by atoms with Crippen molar-refractivity contribution in [2.24, 2.45) is 11.7 Å². The lowest BCUT2D eigenvalue weighted by Crippen LogP contribution is -2.28. The summed E-state index contributed by atoms with van der Waals surface area (Å²) in [5.41, 5.74) is 6.63. The number of benzene rings is 1. The molecule has 1 atom stereocenters. The fraction of sp³-hybridized carbons (Fsp3) is 0.500. The van der Waals surface area contributed by atoms with Crippen LogP contribution in [0, 0.1) is 11.7 Å². The summed E-state index contributed by atoms with van der Waals surface area (Å²) in [5.74, 6) is -0.0177. The molecule has 1 saturated heterocycles. The third kappa shape index (κ3) is 3.55. The number of halogens is 3. The smallest absolute Gasteiger partial charge is 0.129 e. The Hall–Kier alpha value is -0.350. The van der Waals surface area contributed by atoms with Crippen LogP contribution >= 0.6 is 24.0 Å². The van der Waals surface area contributed by atoms with E-state index in [4.69, 9.17) is 22.1 Å². The largest absolute Gasteiger partial charge is 0.381 e. The lowest BCUT2D eigenvalue weighted by atomic mass is 9.87. The van der Waals surface area contributed by atoms with Crippen LogP contribution in [-0.4, -0.2) is 13.2 Å². The first-order chi connectivity index (χ1) is 7.68. The van der Waals surface area contributed by atoms with E-state index in [0.29, 0.717) is 29.7 Å². The molecule has 1 aliphatic rings. The molecule has 1 aliphatic heterocycles. The van der Waals surface area contributed by atoms with Crippen molar-refractivity contribution in [3.63, 3.8) is 0 Å². The van der Waals surface area contributed by atoms with Crippen LogP contribution in [0.5, 0.6) is 0 Å². The average molecular weight is 280 g/mol. The molecule has 0 aliphatic carbocycles. The quantitative estimate of drug-likeness (QED) is 0.901. The Balaban J connectivity index is 0.00000144. The highest BCUT2D eigenvalue weighted by atomic mass is 35.5. The minimum absolute atomic E-state index is 0. The van der Waals surface area contributed by atoms with E-state index in [0.717, 1.165) is 12.8 Å². The van der Waals surface area contributed by atoms with Gasteiger partial charge in [0.15, 0.2) is 0 Å². The van der Waals surface area contributed by atoms with E-state index in [1.54, 1.807) is 12.1 Å². The minimum Gasteiger partial charge on any atom is -0.381 e. The van der Waals surface area contributed by atoms with Crippen LogP contribution in [0.3, 0.4) is 0 Å². The summed E-state index contributed by atoms with van der Waals surface area (Å²) in [6.07, 6.45) is 1.78. The van der Waals surface area contributed by atoms with Gasteiger partial charge in [0.1, 0.15) is 5.82 Å². The van der Waals surface area contributed by atoms with E-state index in [1.165, 1.54) is 6.07 Å². The van der Waals surface area contributed by atoms with E-state index in [9.17, 15) is 4.39 Å². The van der Waals surface area contributed by atoms with Crippen molar-refractivity contribution in [1.82, 2.24) is 0 Å². The van der Waals surface area contributed by atoms with Gasteiger partial charge in [-0.2, -0.15) is 0 Å². The number of hydrogen-bond donors (Lipinski definition) is 1. The van der Waals surface area contributed by atoms with Gasteiger partial charge in [-0.1, -0.05) is 17.7 Å². The number of rotatable bonds is 2. The van der Waals surface area contributed by atoms with Gasteiger partial charge in [0, 0.05) is 29.8 Å². The molecular formula is C12H16Cl2FNO. The van der Waals surface area contributed by atoms with Gasteiger partial charge in [-0.15, -0.1) is 12.4 Å². The predicted molar refractivity (Wildman–Crippen MR) is 69.1 cm³/mol. The van der Waals surface area contributed by atoms with Crippen LogP contribution in [0.25, 0.3) is 0 Å². The van der Waals surface area contributed by atoms with E-state index in [1.807, 2.05) is 0 Å². The SMILES string of the molecule is Cl.N[C@@H](c1ccc(Cl)cc1F)C1CCOCC1. The lowest BCUT2D eigenvalue weighted by Gasteiger charge is -2.28. The van der Waals surface area contributed by atoms with E-state index in [2.05, 4.69) is 0 Å². The van der Waals surface area contributed by atoms with Crippen molar-refractivity contribution < 1.29 is 9.13 Å². The highest BCUT2D eigenvalue weighted by Crippen LogP contribution is 2.30. The Kier molecular flexibility index (Phi) is 5.67. The second kappa shape index (κ2) is 6.55. The Morgan fingerprint density at radius 2 is 2.00 bits per heavy atom. The molecule has 1 heterocycles. The minimum atomic E-state index is -0.313. The molecule has 5 heteroatoms. The molecule has 1 aromatic rings. The first-order valence-electron chi connectivity index (χ1n) is 5.47. The second-order valence-corrected chi connectivity index (χ2v) is 4.58. The Bertz CT molecular complexity index is 370. The maximum absolute atomic E-state index is 13.7. The van der Waals surface area contributed by atoms with Gasteiger partial charge < -0.3 is 10.5 Å². The molecule has 0 bridgehead atoms. The maximum atomic E-state index is 13.7. The van der Waals surface area contributed by atoms with Crippen molar-refractivity contribution in [2.45, 2.75) is 18.9 Å². The van der Waals surface area contributed by atoms with Gasteiger partial charge in [-0.25, -0.2) is 4.39 Å². The summed E-state index contributed by atoms with van der Waals surface area (Å²) < 4.78 is 18.9. The molecule has 2 nitrogen and oxygen atoms in total. The maximum Gasteiger partial charge on any atom is 0.129 e. The van der Waals surface area contributed by atoms with E-state index in [-0.39, 0.29) is 24.3 Å². The van der Waals surface area contributed by atoms with Crippen LogP contribution in [0.2, 0.25) is 5.02 Å². The Labute approximate surface area is 112 Å². The van der Waals surface area contributed by atoms with Crippen LogP contribution in [0.4, 0.5) is 4.39 Å². The summed E-state index contributed by atoms with van der Waals surface area (Å²) in [7, 11) is 0. The van der Waals surface area contributed by atoms with Gasteiger partial charge in [-0.3, -0.25) is 0 Å². The Morgan fingerprint density at radius 3 is 2.59 bits per heavy atom. The van der Waals surface area contributed by atoms with Gasteiger partial charge in [-0.05, 0) is 30.9 Å². The van der Waals surface area contributed by atoms with Crippen molar-refractivity contribution in [1.29, 1.82) is 0 Å². The monoisotopic (exact) mass is 279 g/mol. The van der Waals surface area contributed by atoms with Crippen molar-refractivity contribution in [3.8, 4) is 0 Å². The van der Waals surface area contributed by atoms with Crippen LogP contribution < -0.4 is 5.73 Å². The van der Waals surface area contributed by atoms with Gasteiger partial charge in [0.05, 0.1) is 0 Å². The van der Waals surface area contributed by atoms with Crippen LogP contribution in [0.1, 0.15) is 24.4 Å². The third-order valence-corrected chi connectivity index (χ3v) is 3.33. The summed E-state index contributed by atoms with van der Waals surface area (Å²) in [6, 6.07) is 4.41. The molecule has 0 aromatic heterocycles. The lowest BCUT2D eigenvalue weighted by molar-refractivity contribution is 0.0580. The van der Waals surface area contributed by atoms with Crippen molar-refractivity contribution >= 4 is 24.0 Å². The zero-order valence-corrected chi connectivity index (χ0v) is 10.9. The molecule has 1 fully saturated rings. The summed E-state index contributed by atoms with van der Waals surface area (Å²) in [4.78, 5) is 0. The summed E-state index contributed by atoms with van der Waals surface area (Å²) in [5, 5.41) is 0.403. The molecule has 0 spiro atoms. The average Bonchev–Trinajstić information content (AvgIpc) is 2.29. The summed E-state index contributed by atoms with van der Waals surface area (Å²) >= 11 is 5.71. The molecule has 96 valence electrons. The highest BCUT2D eigenvalue weighted by molar-refractivity contribution is 6.30. The Morgan fingerprint density at radius 1 is 1.35 bits per heavy atom. The van der Waals surface area contributed by atoms with Crippen LogP contribution in [0.15, 0.2) is 18.2 Å². The van der Waals surface area contributed by atoms with E-state index < -0.39 is 0 Å². The van der Waals surface area contributed by atoms with E-state index >= 15 is 0 Å². The van der Waals surface area contributed by atoms with Crippen molar-refractivity contribution in [3.05, 3.63) is 34.6 Å². The van der Waals surface area contributed by atoms with Crippen molar-refractivity contribution in [2.75, 3.05) is 13.2 Å². The third-order valence-electron chi connectivity index (χ3n) is 3.10. The molecule has 0 saturated carbocycles. The molecule has 0 amide bonds. The molecule has 2 rings (SSSR count). The van der Waals surface area contributed by atoms with Gasteiger partial charge in [0.25, 0.3) is 0 Å². The topological polar surface area (TPSA) is 35.2 Å². The normalized spacial score (nSPS) is 18.5. The predicted octanol–water partition coefficient (Wildman–Crippen LogP) is 3.33. The fourth-order valence-electron chi connectivity index (χ4n) is 2.10. The zero-order valence-electron chi connectivity index (χ0n) is 9.36.